The van der Waals surface area contributed by atoms with Crippen molar-refractivity contribution in [1.29, 1.82) is 0 Å². The summed E-state index contributed by atoms with van der Waals surface area (Å²) < 4.78 is 15.7. The van der Waals surface area contributed by atoms with E-state index in [0.29, 0.717) is 27.8 Å². The molecule has 2 aromatic heterocycles. The minimum atomic E-state index is -0.377. The number of carbonyl (C=O) groups excluding carboxylic acids is 2. The third-order valence-electron chi connectivity index (χ3n) is 4.91. The van der Waals surface area contributed by atoms with Gasteiger partial charge < -0.3 is 14.5 Å². The maximum Gasteiger partial charge on any atom is 0.270 e. The van der Waals surface area contributed by atoms with Gasteiger partial charge in [0.1, 0.15) is 11.5 Å². The summed E-state index contributed by atoms with van der Waals surface area (Å²) >= 11 is 1.22. The van der Waals surface area contributed by atoms with Crippen molar-refractivity contribution >= 4 is 23.5 Å². The van der Waals surface area contributed by atoms with Crippen LogP contribution in [0, 0.1) is 5.82 Å². The molecule has 150 valence electrons. The number of benzene rings is 1. The van der Waals surface area contributed by atoms with E-state index >= 15 is 0 Å². The first kappa shape index (κ1) is 19.4. The Morgan fingerprint density at radius 2 is 1.97 bits per heavy atom. The molecule has 7 nitrogen and oxygen atoms in total. The summed E-state index contributed by atoms with van der Waals surface area (Å²) in [7, 11) is 1.73. The Labute approximate surface area is 171 Å². The molecule has 3 aromatic rings. The van der Waals surface area contributed by atoms with Gasteiger partial charge in [0.05, 0.1) is 11.3 Å². The zero-order chi connectivity index (χ0) is 20.4. The standard InChI is InChI=1S/C20H20FN5O2S/c1-25-18(14-6-2-3-7-15(14)21)23-24-20(25)29-12-17(27)13-10-16(22-11-13)19(28)26-8-4-5-9-26/h2-3,6-7,10-11,22H,4-5,8-9,12H2,1H3. The zero-order valence-corrected chi connectivity index (χ0v) is 16.7. The van der Waals surface area contributed by atoms with Crippen LogP contribution >= 0.6 is 11.8 Å². The summed E-state index contributed by atoms with van der Waals surface area (Å²) in [5.41, 5.74) is 1.24. The molecular formula is C20H20FN5O2S. The lowest BCUT2D eigenvalue weighted by molar-refractivity contribution is 0.0787. The highest BCUT2D eigenvalue weighted by Gasteiger charge is 2.22. The summed E-state index contributed by atoms with van der Waals surface area (Å²) in [6.45, 7) is 1.51. The van der Waals surface area contributed by atoms with Crippen molar-refractivity contribution in [2.75, 3.05) is 18.8 Å². The minimum Gasteiger partial charge on any atom is -0.356 e. The Morgan fingerprint density at radius 3 is 2.72 bits per heavy atom. The Morgan fingerprint density at radius 1 is 1.21 bits per heavy atom. The molecule has 0 unspecified atom stereocenters. The van der Waals surface area contributed by atoms with E-state index in [9.17, 15) is 14.0 Å². The maximum absolute atomic E-state index is 14.0. The molecule has 1 amide bonds. The number of rotatable bonds is 6. The van der Waals surface area contributed by atoms with Gasteiger partial charge in [-0.25, -0.2) is 4.39 Å². The molecular weight excluding hydrogens is 393 g/mol. The number of hydrogen-bond acceptors (Lipinski definition) is 5. The number of thioether (sulfide) groups is 1. The van der Waals surface area contributed by atoms with Gasteiger partial charge in [-0.3, -0.25) is 9.59 Å². The highest BCUT2D eigenvalue weighted by atomic mass is 32.2. The van der Waals surface area contributed by atoms with Gasteiger partial charge in [-0.1, -0.05) is 23.9 Å². The lowest BCUT2D eigenvalue weighted by Gasteiger charge is -2.13. The van der Waals surface area contributed by atoms with Crippen molar-refractivity contribution in [3.05, 3.63) is 53.6 Å². The molecule has 0 atom stereocenters. The summed E-state index contributed by atoms with van der Waals surface area (Å²) in [6, 6.07) is 7.95. The van der Waals surface area contributed by atoms with E-state index in [1.807, 2.05) is 0 Å². The van der Waals surface area contributed by atoms with Crippen LogP contribution in [0.3, 0.4) is 0 Å². The molecule has 1 fully saturated rings. The normalized spacial score (nSPS) is 13.8. The van der Waals surface area contributed by atoms with Crippen LogP contribution in [0.15, 0.2) is 41.7 Å². The number of Topliss-reactive ketones (excluding diaryl/α,β-unsaturated/α-hetero) is 1. The van der Waals surface area contributed by atoms with Gasteiger partial charge in [0, 0.05) is 31.9 Å². The second-order valence-corrected chi connectivity index (χ2v) is 7.80. The maximum atomic E-state index is 14.0. The van der Waals surface area contributed by atoms with Crippen LogP contribution in [0.2, 0.25) is 0 Å². The van der Waals surface area contributed by atoms with Crippen molar-refractivity contribution in [2.24, 2.45) is 7.05 Å². The first-order valence-corrected chi connectivity index (χ1v) is 10.3. The second-order valence-electron chi connectivity index (χ2n) is 6.86. The molecule has 1 aromatic carbocycles. The summed E-state index contributed by atoms with van der Waals surface area (Å²) in [4.78, 5) is 29.6. The number of likely N-dealkylation sites (tertiary alicyclic amines) is 1. The topological polar surface area (TPSA) is 83.9 Å². The number of carbonyl (C=O) groups is 2. The van der Waals surface area contributed by atoms with E-state index in [-0.39, 0.29) is 23.3 Å². The summed E-state index contributed by atoms with van der Waals surface area (Å²) in [6.07, 6.45) is 3.59. The van der Waals surface area contributed by atoms with E-state index in [2.05, 4.69) is 15.2 Å². The number of H-pyrrole nitrogens is 1. The number of halogens is 1. The molecule has 29 heavy (non-hydrogen) atoms. The van der Waals surface area contributed by atoms with Crippen molar-refractivity contribution in [2.45, 2.75) is 18.0 Å². The van der Waals surface area contributed by atoms with Crippen LogP contribution in [0.25, 0.3) is 11.4 Å². The Kier molecular flexibility index (Phi) is 5.48. The SMILES string of the molecule is Cn1c(SCC(=O)c2c[nH]c(C(=O)N3CCCC3)c2)nnc1-c1ccccc1F. The van der Waals surface area contributed by atoms with Gasteiger partial charge in [-0.15, -0.1) is 10.2 Å². The molecule has 0 bridgehead atoms. The Balaban J connectivity index is 1.42. The molecule has 3 heterocycles. The number of nitrogens with one attached hydrogen (secondary N) is 1. The second kappa shape index (κ2) is 8.20. The van der Waals surface area contributed by atoms with Gasteiger partial charge in [0.2, 0.25) is 0 Å². The number of amides is 1. The molecule has 9 heteroatoms. The van der Waals surface area contributed by atoms with Crippen molar-refractivity contribution in [1.82, 2.24) is 24.6 Å². The molecule has 1 aliphatic heterocycles. The van der Waals surface area contributed by atoms with Crippen LogP contribution in [-0.4, -0.2) is 55.2 Å². The van der Waals surface area contributed by atoms with Crippen LogP contribution in [-0.2, 0) is 7.05 Å². The van der Waals surface area contributed by atoms with E-state index in [4.69, 9.17) is 0 Å². The smallest absolute Gasteiger partial charge is 0.270 e. The quantitative estimate of drug-likeness (QED) is 0.496. The number of hydrogen-bond donors (Lipinski definition) is 1. The van der Waals surface area contributed by atoms with E-state index in [0.717, 1.165) is 25.9 Å². The van der Waals surface area contributed by atoms with Crippen LogP contribution in [0.5, 0.6) is 0 Å². The first-order chi connectivity index (χ1) is 14.0. The van der Waals surface area contributed by atoms with E-state index in [1.54, 1.807) is 47.0 Å². The fraction of sp³-hybridized carbons (Fsp3) is 0.300. The first-order valence-electron chi connectivity index (χ1n) is 9.32. The third-order valence-corrected chi connectivity index (χ3v) is 5.93. The number of aromatic amines is 1. The van der Waals surface area contributed by atoms with Gasteiger partial charge in [0.15, 0.2) is 16.8 Å². The molecule has 0 saturated carbocycles. The number of ketones is 1. The van der Waals surface area contributed by atoms with Gasteiger partial charge in [-0.2, -0.15) is 0 Å². The van der Waals surface area contributed by atoms with Gasteiger partial charge in [0.25, 0.3) is 5.91 Å². The van der Waals surface area contributed by atoms with Crippen molar-refractivity contribution in [3.63, 3.8) is 0 Å². The molecule has 1 N–H and O–H groups in total. The van der Waals surface area contributed by atoms with E-state index < -0.39 is 0 Å². The lowest BCUT2D eigenvalue weighted by atomic mass is 10.2. The number of aromatic nitrogens is 4. The highest BCUT2D eigenvalue weighted by Crippen LogP contribution is 2.25. The molecule has 0 spiro atoms. The van der Waals surface area contributed by atoms with Crippen LogP contribution in [0.4, 0.5) is 4.39 Å². The Hall–Kier alpha value is -2.94. The molecule has 1 saturated heterocycles. The lowest BCUT2D eigenvalue weighted by Crippen LogP contribution is -2.27. The zero-order valence-electron chi connectivity index (χ0n) is 15.9. The minimum absolute atomic E-state index is 0.0722. The fourth-order valence-corrected chi connectivity index (χ4v) is 4.11. The van der Waals surface area contributed by atoms with Crippen molar-refractivity contribution < 1.29 is 14.0 Å². The fourth-order valence-electron chi connectivity index (χ4n) is 3.30. The van der Waals surface area contributed by atoms with Gasteiger partial charge in [-0.05, 0) is 31.0 Å². The van der Waals surface area contributed by atoms with Crippen LogP contribution < -0.4 is 0 Å². The monoisotopic (exact) mass is 413 g/mol. The summed E-state index contributed by atoms with van der Waals surface area (Å²) in [5, 5.41) is 8.64. The predicted molar refractivity (Wildman–Crippen MR) is 107 cm³/mol. The van der Waals surface area contributed by atoms with Crippen molar-refractivity contribution in [3.8, 4) is 11.4 Å². The molecule has 1 aliphatic rings. The average Bonchev–Trinajstić information content (AvgIpc) is 3.48. The highest BCUT2D eigenvalue weighted by molar-refractivity contribution is 7.99. The third kappa shape index (κ3) is 3.95. The average molecular weight is 413 g/mol. The summed E-state index contributed by atoms with van der Waals surface area (Å²) in [5.74, 6) is -0.0335. The largest absolute Gasteiger partial charge is 0.356 e. The Bertz CT molecular complexity index is 1050. The predicted octanol–water partition coefficient (Wildman–Crippen LogP) is 3.16. The molecule has 0 radical (unpaired) electrons. The van der Waals surface area contributed by atoms with Crippen LogP contribution in [0.1, 0.15) is 33.7 Å². The van der Waals surface area contributed by atoms with E-state index in [1.165, 1.54) is 17.8 Å². The number of nitrogens with zero attached hydrogens (tertiary/aromatic N) is 4. The molecule has 0 aliphatic carbocycles. The van der Waals surface area contributed by atoms with Gasteiger partial charge >= 0.3 is 0 Å². The molecule has 4 rings (SSSR count).